The van der Waals surface area contributed by atoms with Crippen molar-refractivity contribution in [3.8, 4) is 0 Å². The van der Waals surface area contributed by atoms with Crippen LogP contribution < -0.4 is 5.32 Å². The van der Waals surface area contributed by atoms with Crippen LogP contribution in [-0.4, -0.2) is 36.5 Å². The first-order valence-electron chi connectivity index (χ1n) is 7.69. The lowest BCUT2D eigenvalue weighted by atomic mass is 9.97. The summed E-state index contributed by atoms with van der Waals surface area (Å²) in [4.78, 5) is 11.0. The van der Waals surface area contributed by atoms with Gasteiger partial charge in [0.15, 0.2) is 5.96 Å². The molecule has 0 saturated carbocycles. The Morgan fingerprint density at radius 2 is 2.33 bits per heavy atom. The van der Waals surface area contributed by atoms with Gasteiger partial charge >= 0.3 is 0 Å². The van der Waals surface area contributed by atoms with Crippen LogP contribution in [0.15, 0.2) is 22.0 Å². The Hall–Kier alpha value is -1.36. The fraction of sp³-hybridized carbons (Fsp3) is 0.625. The number of aromatic nitrogens is 1. The highest BCUT2D eigenvalue weighted by molar-refractivity contribution is 7.09. The molecular weight excluding hydrogens is 280 g/mol. The molecule has 0 aromatic carbocycles. The maximum atomic E-state index is 4.51. The van der Waals surface area contributed by atoms with E-state index in [9.17, 15) is 0 Å². The number of nitrogens with zero attached hydrogens (tertiary/aromatic N) is 3. The molecule has 0 unspecified atom stereocenters. The van der Waals surface area contributed by atoms with Crippen LogP contribution in [-0.2, 0) is 6.54 Å². The molecular formula is C16H26N4S. The Kier molecular flexibility index (Phi) is 6.23. The van der Waals surface area contributed by atoms with Crippen molar-refractivity contribution in [2.24, 2.45) is 4.99 Å². The number of allylic oxidation sites excluding steroid dienone is 1. The third-order valence-electron chi connectivity index (χ3n) is 3.75. The van der Waals surface area contributed by atoms with Crippen LogP contribution in [0.1, 0.15) is 42.8 Å². The van der Waals surface area contributed by atoms with Gasteiger partial charge in [-0.05, 0) is 39.0 Å². The number of nitrogens with one attached hydrogen (secondary N) is 1. The molecule has 0 radical (unpaired) electrons. The zero-order chi connectivity index (χ0) is 15.1. The summed E-state index contributed by atoms with van der Waals surface area (Å²) in [6.07, 6.45) is 8.78. The Labute approximate surface area is 132 Å². The van der Waals surface area contributed by atoms with Crippen LogP contribution in [0.3, 0.4) is 0 Å². The second-order valence-electron chi connectivity index (χ2n) is 5.55. The molecule has 116 valence electrons. The van der Waals surface area contributed by atoms with Gasteiger partial charge in [0.2, 0.25) is 0 Å². The summed E-state index contributed by atoms with van der Waals surface area (Å²) in [7, 11) is 3.90. The molecule has 2 rings (SSSR count). The van der Waals surface area contributed by atoms with Crippen molar-refractivity contribution in [1.29, 1.82) is 0 Å². The minimum Gasteiger partial charge on any atom is -0.356 e. The second-order valence-corrected chi connectivity index (χ2v) is 6.61. The SMILES string of the molecule is CN=C(NCCC1=CCCCC1)N(C)Cc1csc(C)n1. The van der Waals surface area contributed by atoms with E-state index >= 15 is 0 Å². The number of guanidine groups is 1. The predicted octanol–water partition coefficient (Wildman–Crippen LogP) is 3.35. The number of hydrogen-bond donors (Lipinski definition) is 1. The Morgan fingerprint density at radius 3 is 2.95 bits per heavy atom. The molecule has 0 saturated heterocycles. The Bertz CT molecular complexity index is 504. The van der Waals surface area contributed by atoms with Crippen LogP contribution in [0.2, 0.25) is 0 Å². The molecule has 1 aliphatic carbocycles. The van der Waals surface area contributed by atoms with E-state index in [4.69, 9.17) is 0 Å². The summed E-state index contributed by atoms with van der Waals surface area (Å²) in [6, 6.07) is 0. The van der Waals surface area contributed by atoms with Crippen molar-refractivity contribution in [1.82, 2.24) is 15.2 Å². The van der Waals surface area contributed by atoms with E-state index in [-0.39, 0.29) is 0 Å². The number of hydrogen-bond acceptors (Lipinski definition) is 3. The first-order chi connectivity index (χ1) is 10.2. The Morgan fingerprint density at radius 1 is 1.48 bits per heavy atom. The van der Waals surface area contributed by atoms with Gasteiger partial charge in [0, 0.05) is 26.0 Å². The highest BCUT2D eigenvalue weighted by atomic mass is 32.1. The molecule has 0 aliphatic heterocycles. The lowest BCUT2D eigenvalue weighted by Gasteiger charge is -2.22. The number of thiazole rings is 1. The van der Waals surface area contributed by atoms with E-state index in [2.05, 4.69) is 38.7 Å². The van der Waals surface area contributed by atoms with Gasteiger partial charge in [-0.3, -0.25) is 4.99 Å². The molecule has 0 spiro atoms. The van der Waals surface area contributed by atoms with Gasteiger partial charge in [-0.25, -0.2) is 4.98 Å². The van der Waals surface area contributed by atoms with Gasteiger partial charge in [0.05, 0.1) is 17.2 Å². The summed E-state index contributed by atoms with van der Waals surface area (Å²) >= 11 is 1.70. The highest BCUT2D eigenvalue weighted by Gasteiger charge is 2.09. The van der Waals surface area contributed by atoms with Crippen LogP contribution >= 0.6 is 11.3 Å². The van der Waals surface area contributed by atoms with Crippen LogP contribution in [0.25, 0.3) is 0 Å². The monoisotopic (exact) mass is 306 g/mol. The molecule has 1 aromatic heterocycles. The molecule has 1 N–H and O–H groups in total. The summed E-state index contributed by atoms with van der Waals surface area (Å²) in [6.45, 7) is 3.80. The predicted molar refractivity (Wildman–Crippen MR) is 90.8 cm³/mol. The molecule has 1 aromatic rings. The molecule has 0 bridgehead atoms. The third kappa shape index (κ3) is 5.16. The number of rotatable bonds is 5. The van der Waals surface area contributed by atoms with Crippen molar-refractivity contribution in [3.63, 3.8) is 0 Å². The van der Waals surface area contributed by atoms with Gasteiger partial charge in [-0.1, -0.05) is 11.6 Å². The van der Waals surface area contributed by atoms with Crippen molar-refractivity contribution < 1.29 is 0 Å². The molecule has 21 heavy (non-hydrogen) atoms. The molecule has 5 heteroatoms. The molecule has 1 heterocycles. The largest absolute Gasteiger partial charge is 0.356 e. The average molecular weight is 306 g/mol. The van der Waals surface area contributed by atoms with Crippen LogP contribution in [0.5, 0.6) is 0 Å². The van der Waals surface area contributed by atoms with Crippen molar-refractivity contribution in [3.05, 3.63) is 27.7 Å². The van der Waals surface area contributed by atoms with E-state index < -0.39 is 0 Å². The zero-order valence-corrected chi connectivity index (χ0v) is 14.2. The summed E-state index contributed by atoms with van der Waals surface area (Å²) in [5, 5.41) is 6.69. The lowest BCUT2D eigenvalue weighted by Crippen LogP contribution is -2.39. The molecule has 4 nitrogen and oxygen atoms in total. The normalized spacial score (nSPS) is 15.8. The Balaban J connectivity index is 1.78. The van der Waals surface area contributed by atoms with Crippen molar-refractivity contribution in [2.45, 2.75) is 45.6 Å². The summed E-state index contributed by atoms with van der Waals surface area (Å²) in [5.41, 5.74) is 2.71. The summed E-state index contributed by atoms with van der Waals surface area (Å²) < 4.78 is 0. The third-order valence-corrected chi connectivity index (χ3v) is 4.58. The molecule has 0 atom stereocenters. The first kappa shape index (κ1) is 16.0. The van der Waals surface area contributed by atoms with E-state index in [1.54, 1.807) is 16.9 Å². The van der Waals surface area contributed by atoms with Crippen LogP contribution in [0.4, 0.5) is 0 Å². The quantitative estimate of drug-likeness (QED) is 0.515. The topological polar surface area (TPSA) is 40.5 Å². The standard InChI is InChI=1S/C16H26N4S/c1-13-19-15(12-21-13)11-20(3)16(17-2)18-10-9-14-7-5-4-6-8-14/h7,12H,4-6,8-11H2,1-3H3,(H,17,18). The van der Waals surface area contributed by atoms with Gasteiger partial charge in [0.25, 0.3) is 0 Å². The van der Waals surface area contributed by atoms with Gasteiger partial charge in [-0.2, -0.15) is 0 Å². The van der Waals surface area contributed by atoms with E-state index in [1.165, 1.54) is 25.7 Å². The summed E-state index contributed by atoms with van der Waals surface area (Å²) in [5.74, 6) is 0.942. The minimum absolute atomic E-state index is 0.798. The van der Waals surface area contributed by atoms with E-state index in [0.29, 0.717) is 0 Å². The molecule has 0 amide bonds. The second kappa shape index (κ2) is 8.17. The fourth-order valence-corrected chi connectivity index (χ4v) is 3.25. The van der Waals surface area contributed by atoms with E-state index in [1.807, 2.05) is 14.0 Å². The molecule has 0 fully saturated rings. The maximum absolute atomic E-state index is 4.51. The van der Waals surface area contributed by atoms with Crippen molar-refractivity contribution >= 4 is 17.3 Å². The number of aryl methyl sites for hydroxylation is 1. The van der Waals surface area contributed by atoms with Gasteiger partial charge < -0.3 is 10.2 Å². The fourth-order valence-electron chi connectivity index (χ4n) is 2.65. The van der Waals surface area contributed by atoms with E-state index in [0.717, 1.165) is 36.2 Å². The van der Waals surface area contributed by atoms with Gasteiger partial charge in [0.1, 0.15) is 0 Å². The molecule has 1 aliphatic rings. The minimum atomic E-state index is 0.798. The average Bonchev–Trinajstić information content (AvgIpc) is 2.89. The van der Waals surface area contributed by atoms with Crippen LogP contribution in [0, 0.1) is 6.92 Å². The highest BCUT2D eigenvalue weighted by Crippen LogP contribution is 2.19. The zero-order valence-electron chi connectivity index (χ0n) is 13.4. The van der Waals surface area contributed by atoms with Crippen molar-refractivity contribution in [2.75, 3.05) is 20.6 Å². The smallest absolute Gasteiger partial charge is 0.193 e. The number of aliphatic imine (C=N–C) groups is 1. The lowest BCUT2D eigenvalue weighted by molar-refractivity contribution is 0.470. The van der Waals surface area contributed by atoms with Gasteiger partial charge in [-0.15, -0.1) is 11.3 Å². The first-order valence-corrected chi connectivity index (χ1v) is 8.57. The maximum Gasteiger partial charge on any atom is 0.193 e.